The largest absolute Gasteiger partial charge is 0.383 e. The molecule has 7 nitrogen and oxygen atoms in total. The third-order valence-electron chi connectivity index (χ3n) is 5.32. The van der Waals surface area contributed by atoms with Crippen LogP contribution in [0.5, 0.6) is 0 Å². The molecule has 0 fully saturated rings. The summed E-state index contributed by atoms with van der Waals surface area (Å²) in [5, 5.41) is 14.2. The summed E-state index contributed by atoms with van der Waals surface area (Å²) in [6.45, 7) is 10.6. The Morgan fingerprint density at radius 2 is 1.50 bits per heavy atom. The molecule has 0 radical (unpaired) electrons. The Kier molecular flexibility index (Phi) is 7.60. The molecule has 170 valence electrons. The maximum atomic E-state index is 11.2. The average Bonchev–Trinajstić information content (AvgIpc) is 2.75. The van der Waals surface area contributed by atoms with Gasteiger partial charge in [0.1, 0.15) is 0 Å². The number of fused-ring (bicyclic) bond motifs is 1. The van der Waals surface area contributed by atoms with Crippen LogP contribution in [0.3, 0.4) is 0 Å². The number of anilines is 1. The molecule has 3 rings (SSSR count). The average molecular weight is 455 g/mol. The second-order valence-electron chi connectivity index (χ2n) is 8.20. The Morgan fingerprint density at radius 3 is 2.09 bits per heavy atom. The van der Waals surface area contributed by atoms with Crippen LogP contribution in [0.1, 0.15) is 27.7 Å². The van der Waals surface area contributed by atoms with Crippen molar-refractivity contribution in [3.8, 4) is 0 Å². The zero-order valence-electron chi connectivity index (χ0n) is 18.9. The molecule has 32 heavy (non-hydrogen) atoms. The van der Waals surface area contributed by atoms with Crippen LogP contribution >= 0.6 is 0 Å². The van der Waals surface area contributed by atoms with Crippen molar-refractivity contribution in [1.82, 2.24) is 4.90 Å². The third kappa shape index (κ3) is 5.91. The molecule has 0 unspecified atom stereocenters. The Bertz CT molecular complexity index is 1180. The first-order valence-corrected chi connectivity index (χ1v) is 12.1. The lowest BCUT2D eigenvalue weighted by molar-refractivity contribution is 0.182. The molecule has 0 heterocycles. The Balaban J connectivity index is 1.79. The van der Waals surface area contributed by atoms with Gasteiger partial charge < -0.3 is 5.32 Å². The highest BCUT2D eigenvalue weighted by Gasteiger charge is 2.13. The Hall–Kier alpha value is -2.81. The lowest BCUT2D eigenvalue weighted by Crippen LogP contribution is -2.40. The van der Waals surface area contributed by atoms with E-state index in [4.69, 9.17) is 4.55 Å². The Labute approximate surface area is 189 Å². The van der Waals surface area contributed by atoms with Gasteiger partial charge in [0.15, 0.2) is 0 Å². The van der Waals surface area contributed by atoms with Crippen molar-refractivity contribution in [3.05, 3.63) is 60.7 Å². The SMILES string of the molecule is CC(C)N(CCNc1ccc(N=Nc2ccc(S(=O)(=O)O)cc2)c2ccccc12)C(C)C. The van der Waals surface area contributed by atoms with Gasteiger partial charge in [-0.2, -0.15) is 13.5 Å². The highest BCUT2D eigenvalue weighted by Crippen LogP contribution is 2.33. The minimum atomic E-state index is -4.23. The number of hydrogen-bond donors (Lipinski definition) is 2. The topological polar surface area (TPSA) is 94.4 Å². The summed E-state index contributed by atoms with van der Waals surface area (Å²) in [4.78, 5) is 2.27. The van der Waals surface area contributed by atoms with E-state index in [1.165, 1.54) is 24.3 Å². The number of benzene rings is 3. The van der Waals surface area contributed by atoms with E-state index >= 15 is 0 Å². The van der Waals surface area contributed by atoms with Crippen LogP contribution in [-0.2, 0) is 10.1 Å². The fourth-order valence-corrected chi connectivity index (χ4v) is 4.23. The molecule has 0 aromatic heterocycles. The van der Waals surface area contributed by atoms with Crippen LogP contribution in [0, 0.1) is 0 Å². The number of nitrogens with one attached hydrogen (secondary N) is 1. The van der Waals surface area contributed by atoms with Crippen LogP contribution in [0.15, 0.2) is 75.8 Å². The molecule has 0 aliphatic heterocycles. The van der Waals surface area contributed by atoms with Crippen molar-refractivity contribution < 1.29 is 13.0 Å². The third-order valence-corrected chi connectivity index (χ3v) is 6.19. The lowest BCUT2D eigenvalue weighted by Gasteiger charge is -2.30. The van der Waals surface area contributed by atoms with Gasteiger partial charge in [0.25, 0.3) is 10.1 Å². The summed E-state index contributed by atoms with van der Waals surface area (Å²) in [6.07, 6.45) is 0. The highest BCUT2D eigenvalue weighted by atomic mass is 32.2. The fourth-order valence-electron chi connectivity index (χ4n) is 3.75. The summed E-state index contributed by atoms with van der Waals surface area (Å²) in [5.41, 5.74) is 2.26. The number of nitrogens with zero attached hydrogens (tertiary/aromatic N) is 3. The van der Waals surface area contributed by atoms with Crippen molar-refractivity contribution in [1.29, 1.82) is 0 Å². The van der Waals surface area contributed by atoms with Gasteiger partial charge in [-0.05, 0) is 64.1 Å². The summed E-state index contributed by atoms with van der Waals surface area (Å²) < 4.78 is 31.4. The molecule has 0 aliphatic rings. The number of azo groups is 1. The van der Waals surface area contributed by atoms with E-state index in [9.17, 15) is 8.42 Å². The van der Waals surface area contributed by atoms with Crippen molar-refractivity contribution in [3.63, 3.8) is 0 Å². The second-order valence-corrected chi connectivity index (χ2v) is 9.62. The van der Waals surface area contributed by atoms with Gasteiger partial charge in [-0.25, -0.2) is 0 Å². The summed E-state index contributed by atoms with van der Waals surface area (Å²) in [6, 6.07) is 18.5. The standard InChI is InChI=1S/C24H30N4O3S/c1-17(2)28(18(3)4)16-15-25-23-13-14-24(22-8-6-5-7-21(22)23)27-26-19-9-11-20(12-10-19)32(29,30)31/h5-14,17-18,25H,15-16H2,1-4H3,(H,29,30,31). The van der Waals surface area contributed by atoms with Gasteiger partial charge in [0.05, 0.1) is 16.3 Å². The van der Waals surface area contributed by atoms with E-state index in [1.807, 2.05) is 30.3 Å². The smallest absolute Gasteiger partial charge is 0.294 e. The molecule has 2 N–H and O–H groups in total. The van der Waals surface area contributed by atoms with Crippen LogP contribution in [0.2, 0.25) is 0 Å². The van der Waals surface area contributed by atoms with E-state index in [0.717, 1.165) is 35.2 Å². The first kappa shape index (κ1) is 23.8. The second kappa shape index (κ2) is 10.2. The van der Waals surface area contributed by atoms with Crippen molar-refractivity contribution in [2.75, 3.05) is 18.4 Å². The highest BCUT2D eigenvalue weighted by molar-refractivity contribution is 7.85. The quantitative estimate of drug-likeness (QED) is 0.304. The molecule has 8 heteroatoms. The minimum absolute atomic E-state index is 0.175. The monoisotopic (exact) mass is 454 g/mol. The van der Waals surface area contributed by atoms with Crippen LogP contribution in [0.4, 0.5) is 17.1 Å². The molecule has 3 aromatic rings. The molecule has 0 bridgehead atoms. The first-order chi connectivity index (χ1) is 15.2. The number of hydrogen-bond acceptors (Lipinski definition) is 6. The zero-order chi connectivity index (χ0) is 23.3. The maximum Gasteiger partial charge on any atom is 0.294 e. The van der Waals surface area contributed by atoms with Gasteiger partial charge in [0, 0.05) is 41.6 Å². The maximum absolute atomic E-state index is 11.2. The van der Waals surface area contributed by atoms with Gasteiger partial charge in [-0.1, -0.05) is 24.3 Å². The van der Waals surface area contributed by atoms with Crippen molar-refractivity contribution >= 4 is 38.0 Å². The number of rotatable bonds is 9. The predicted octanol–water partition coefficient (Wildman–Crippen LogP) is 6.03. The fraction of sp³-hybridized carbons (Fsp3) is 0.333. The van der Waals surface area contributed by atoms with Crippen molar-refractivity contribution in [2.45, 2.75) is 44.7 Å². The van der Waals surface area contributed by atoms with Crippen LogP contribution < -0.4 is 5.32 Å². The normalized spacial score (nSPS) is 12.5. The van der Waals surface area contributed by atoms with Crippen molar-refractivity contribution in [2.24, 2.45) is 10.2 Å². The molecule has 0 spiro atoms. The molecule has 0 saturated carbocycles. The summed E-state index contributed by atoms with van der Waals surface area (Å²) >= 11 is 0. The van der Waals surface area contributed by atoms with E-state index in [-0.39, 0.29) is 4.90 Å². The van der Waals surface area contributed by atoms with E-state index in [2.05, 4.69) is 54.2 Å². The summed E-state index contributed by atoms with van der Waals surface area (Å²) in [5.74, 6) is 0. The van der Waals surface area contributed by atoms with E-state index in [1.54, 1.807) is 0 Å². The van der Waals surface area contributed by atoms with Crippen LogP contribution in [0.25, 0.3) is 10.8 Å². The molecule has 0 atom stereocenters. The molecular weight excluding hydrogens is 424 g/mol. The van der Waals surface area contributed by atoms with Gasteiger partial charge in [-0.3, -0.25) is 9.45 Å². The lowest BCUT2D eigenvalue weighted by atomic mass is 10.1. The molecule has 0 saturated heterocycles. The predicted molar refractivity (Wildman–Crippen MR) is 130 cm³/mol. The molecule has 0 amide bonds. The minimum Gasteiger partial charge on any atom is -0.383 e. The van der Waals surface area contributed by atoms with Gasteiger partial charge in [0.2, 0.25) is 0 Å². The zero-order valence-corrected chi connectivity index (χ0v) is 19.7. The van der Waals surface area contributed by atoms with Gasteiger partial charge >= 0.3 is 0 Å². The summed E-state index contributed by atoms with van der Waals surface area (Å²) in [7, 11) is -4.23. The molecule has 0 aliphatic carbocycles. The van der Waals surface area contributed by atoms with Gasteiger partial charge in [-0.15, -0.1) is 5.11 Å². The molecule has 3 aromatic carbocycles. The van der Waals surface area contributed by atoms with E-state index < -0.39 is 10.1 Å². The molecular formula is C24H30N4O3S. The van der Waals surface area contributed by atoms with E-state index in [0.29, 0.717) is 17.8 Å². The van der Waals surface area contributed by atoms with Crippen LogP contribution in [-0.4, -0.2) is 43.0 Å². The Morgan fingerprint density at radius 1 is 0.875 bits per heavy atom. The first-order valence-electron chi connectivity index (χ1n) is 10.7.